The lowest BCUT2D eigenvalue weighted by Gasteiger charge is -1.86. The molecule has 0 bridgehead atoms. The fraction of sp³-hybridized carbons (Fsp3) is 0. The van der Waals surface area contributed by atoms with E-state index in [1.54, 1.807) is 0 Å². The summed E-state index contributed by atoms with van der Waals surface area (Å²) in [4.78, 5) is 28.2. The Morgan fingerprint density at radius 3 is 1.67 bits per heavy atom. The average Bonchev–Trinajstić information content (AvgIpc) is 1.85. The number of carbonyl (C=O) groups is 3. The molecule has 0 aromatic carbocycles. The fourth-order valence-corrected chi connectivity index (χ4v) is 0.105. The van der Waals surface area contributed by atoms with Gasteiger partial charge in [0, 0.05) is 6.08 Å². The SMILES string of the molecule is C=CC(=O)O.NC(=O)NC(=O)O. The number of amides is 3. The third-order valence-electron chi connectivity index (χ3n) is 0.405. The molecule has 0 saturated carbocycles. The van der Waals surface area contributed by atoms with Crippen LogP contribution in [0.5, 0.6) is 0 Å². The first-order valence-corrected chi connectivity index (χ1v) is 2.55. The number of imide groups is 1. The van der Waals surface area contributed by atoms with Crippen LogP contribution in [0.2, 0.25) is 0 Å². The number of urea groups is 1. The Labute approximate surface area is 67.5 Å². The van der Waals surface area contributed by atoms with E-state index in [2.05, 4.69) is 12.3 Å². The second-order valence-corrected chi connectivity index (χ2v) is 1.34. The molecule has 5 N–H and O–H groups in total. The molecule has 7 nitrogen and oxygen atoms in total. The highest BCUT2D eigenvalue weighted by atomic mass is 16.4. The van der Waals surface area contributed by atoms with Gasteiger partial charge in [0.25, 0.3) is 0 Å². The van der Waals surface area contributed by atoms with Gasteiger partial charge in [-0.15, -0.1) is 0 Å². The zero-order valence-corrected chi connectivity index (χ0v) is 5.98. The molecular formula is C5H8N2O5. The Bertz CT molecular complexity index is 188. The summed E-state index contributed by atoms with van der Waals surface area (Å²) in [5, 5.41) is 16.6. The number of carboxylic acids is 1. The third kappa shape index (κ3) is 24.6. The molecule has 12 heavy (non-hydrogen) atoms. The molecule has 0 atom stereocenters. The highest BCUT2D eigenvalue weighted by Crippen LogP contribution is 1.55. The quantitative estimate of drug-likeness (QED) is 0.403. The second kappa shape index (κ2) is 7.06. The zero-order chi connectivity index (χ0) is 10.1. The maximum Gasteiger partial charge on any atom is 0.412 e. The van der Waals surface area contributed by atoms with Crippen molar-refractivity contribution < 1.29 is 24.6 Å². The van der Waals surface area contributed by atoms with Crippen LogP contribution in [0.3, 0.4) is 0 Å². The minimum Gasteiger partial charge on any atom is -0.478 e. The van der Waals surface area contributed by atoms with Crippen LogP contribution in [0.25, 0.3) is 0 Å². The summed E-state index contributed by atoms with van der Waals surface area (Å²) >= 11 is 0. The van der Waals surface area contributed by atoms with Crippen molar-refractivity contribution in [1.29, 1.82) is 0 Å². The predicted molar refractivity (Wildman–Crippen MR) is 38.6 cm³/mol. The summed E-state index contributed by atoms with van der Waals surface area (Å²) < 4.78 is 0. The Balaban J connectivity index is 0. The van der Waals surface area contributed by atoms with Gasteiger partial charge in [-0.25, -0.2) is 19.7 Å². The molecule has 0 aliphatic heterocycles. The van der Waals surface area contributed by atoms with Crippen LogP contribution >= 0.6 is 0 Å². The highest BCUT2D eigenvalue weighted by Gasteiger charge is 1.94. The van der Waals surface area contributed by atoms with Gasteiger partial charge in [-0.1, -0.05) is 6.58 Å². The summed E-state index contributed by atoms with van der Waals surface area (Å²) in [7, 11) is 0. The van der Waals surface area contributed by atoms with Crippen LogP contribution in [-0.4, -0.2) is 28.3 Å². The van der Waals surface area contributed by atoms with Gasteiger partial charge in [-0.05, 0) is 0 Å². The van der Waals surface area contributed by atoms with Gasteiger partial charge in [0.05, 0.1) is 0 Å². The van der Waals surface area contributed by atoms with E-state index in [0.717, 1.165) is 6.08 Å². The van der Waals surface area contributed by atoms with E-state index < -0.39 is 18.1 Å². The van der Waals surface area contributed by atoms with Crippen molar-refractivity contribution in [1.82, 2.24) is 5.32 Å². The van der Waals surface area contributed by atoms with Crippen molar-refractivity contribution in [2.45, 2.75) is 0 Å². The lowest BCUT2D eigenvalue weighted by molar-refractivity contribution is -0.131. The van der Waals surface area contributed by atoms with Crippen LogP contribution in [0, 0.1) is 0 Å². The van der Waals surface area contributed by atoms with Gasteiger partial charge in [0.2, 0.25) is 0 Å². The minimum absolute atomic E-state index is 0.833. The normalized spacial score (nSPS) is 7.00. The Hall–Kier alpha value is -2.05. The Morgan fingerprint density at radius 2 is 1.67 bits per heavy atom. The first kappa shape index (κ1) is 12.6. The molecule has 0 rings (SSSR count). The maximum absolute atomic E-state index is 9.54. The number of primary amides is 1. The smallest absolute Gasteiger partial charge is 0.412 e. The predicted octanol–water partition coefficient (Wildman–Crippen LogP) is -0.410. The standard InChI is InChI=1S/C3H4O2.C2H4N2O3/c1-2-3(4)5;3-1(5)4-2(6)7/h2H,1H2,(H,4,5);(H,6,7)(H3,3,4,5). The largest absolute Gasteiger partial charge is 0.478 e. The Kier molecular flexibility index (Phi) is 7.42. The zero-order valence-electron chi connectivity index (χ0n) is 5.98. The van der Waals surface area contributed by atoms with Crippen LogP contribution in [0.4, 0.5) is 9.59 Å². The molecule has 0 fully saturated rings. The van der Waals surface area contributed by atoms with E-state index in [9.17, 15) is 14.4 Å². The van der Waals surface area contributed by atoms with E-state index in [1.807, 2.05) is 0 Å². The molecule has 0 aliphatic rings. The summed E-state index contributed by atoms with van der Waals surface area (Å²) in [5.74, 6) is -0.981. The van der Waals surface area contributed by atoms with Crippen molar-refractivity contribution in [2.75, 3.05) is 0 Å². The van der Waals surface area contributed by atoms with Crippen LogP contribution < -0.4 is 11.1 Å². The molecule has 0 aliphatic carbocycles. The lowest BCUT2D eigenvalue weighted by Crippen LogP contribution is -2.33. The van der Waals surface area contributed by atoms with Gasteiger partial charge in [0.15, 0.2) is 0 Å². The molecule has 3 amide bonds. The number of carbonyl (C=O) groups excluding carboxylic acids is 1. The third-order valence-corrected chi connectivity index (χ3v) is 0.405. The molecule has 0 heterocycles. The first-order valence-electron chi connectivity index (χ1n) is 2.55. The summed E-state index contributed by atoms with van der Waals surface area (Å²) in [6.07, 6.45) is -0.604. The fourth-order valence-electron chi connectivity index (χ4n) is 0.105. The molecule has 0 aromatic rings. The first-order chi connectivity index (χ1) is 5.40. The second-order valence-electron chi connectivity index (χ2n) is 1.34. The number of rotatable bonds is 1. The van der Waals surface area contributed by atoms with E-state index in [-0.39, 0.29) is 0 Å². The monoisotopic (exact) mass is 176 g/mol. The molecule has 7 heteroatoms. The van der Waals surface area contributed by atoms with Crippen LogP contribution in [-0.2, 0) is 4.79 Å². The van der Waals surface area contributed by atoms with Crippen molar-refractivity contribution in [2.24, 2.45) is 5.73 Å². The highest BCUT2D eigenvalue weighted by molar-refractivity contribution is 5.88. The van der Waals surface area contributed by atoms with Crippen LogP contribution in [0.1, 0.15) is 0 Å². The summed E-state index contributed by atoms with van der Waals surface area (Å²) in [6.45, 7) is 2.96. The van der Waals surface area contributed by atoms with E-state index in [0.29, 0.717) is 0 Å². The molecule has 0 aromatic heterocycles. The number of nitrogens with one attached hydrogen (secondary N) is 1. The van der Waals surface area contributed by atoms with Crippen molar-refractivity contribution >= 4 is 18.1 Å². The van der Waals surface area contributed by atoms with Gasteiger partial charge in [-0.2, -0.15) is 0 Å². The van der Waals surface area contributed by atoms with E-state index in [1.165, 1.54) is 5.32 Å². The molecule has 0 saturated heterocycles. The maximum atomic E-state index is 9.54. The van der Waals surface area contributed by atoms with E-state index in [4.69, 9.17) is 10.2 Å². The molecular weight excluding hydrogens is 168 g/mol. The molecule has 68 valence electrons. The lowest BCUT2D eigenvalue weighted by atomic mass is 10.7. The van der Waals surface area contributed by atoms with Crippen molar-refractivity contribution in [3.8, 4) is 0 Å². The summed E-state index contributed by atoms with van der Waals surface area (Å²) in [6, 6.07) is -1.06. The van der Waals surface area contributed by atoms with Gasteiger partial charge < -0.3 is 15.9 Å². The number of aliphatic carboxylic acids is 1. The molecule has 0 unspecified atom stereocenters. The van der Waals surface area contributed by atoms with Crippen LogP contribution in [0.15, 0.2) is 12.7 Å². The van der Waals surface area contributed by atoms with Crippen molar-refractivity contribution in [3.63, 3.8) is 0 Å². The van der Waals surface area contributed by atoms with Gasteiger partial charge in [-0.3, -0.25) is 0 Å². The molecule has 0 radical (unpaired) electrons. The number of nitrogens with two attached hydrogens (primary N) is 1. The van der Waals surface area contributed by atoms with Gasteiger partial charge >= 0.3 is 18.1 Å². The summed E-state index contributed by atoms with van der Waals surface area (Å²) in [5.41, 5.74) is 4.36. The number of carboxylic acid groups (broad SMARTS) is 2. The average molecular weight is 176 g/mol. The number of hydrogen-bond donors (Lipinski definition) is 4. The molecule has 0 spiro atoms. The minimum atomic E-state index is -1.44. The van der Waals surface area contributed by atoms with E-state index >= 15 is 0 Å². The van der Waals surface area contributed by atoms with Crippen molar-refractivity contribution in [3.05, 3.63) is 12.7 Å². The Morgan fingerprint density at radius 1 is 1.33 bits per heavy atom. The van der Waals surface area contributed by atoms with Gasteiger partial charge in [0.1, 0.15) is 0 Å². The number of hydrogen-bond acceptors (Lipinski definition) is 3. The topological polar surface area (TPSA) is 130 Å².